The molecule has 3 N–H and O–H groups in total. The summed E-state index contributed by atoms with van der Waals surface area (Å²) in [5.74, 6) is -2.12. The number of hydrogen-bond acceptors (Lipinski definition) is 3. The van der Waals surface area contributed by atoms with E-state index >= 15 is 0 Å². The molecule has 0 aliphatic heterocycles. The van der Waals surface area contributed by atoms with Crippen LogP contribution in [-0.2, 0) is 9.59 Å². The number of hydrogen-bond donors (Lipinski definition) is 3. The van der Waals surface area contributed by atoms with Gasteiger partial charge in [-0.3, -0.25) is 14.7 Å². The van der Waals surface area contributed by atoms with Crippen molar-refractivity contribution in [3.05, 3.63) is 47.2 Å². The first-order valence-electron chi connectivity index (χ1n) is 6.89. The number of anilines is 1. The number of aromatic amines is 1. The first-order valence-corrected chi connectivity index (χ1v) is 6.89. The lowest BCUT2D eigenvalue weighted by Crippen LogP contribution is -2.30. The summed E-state index contributed by atoms with van der Waals surface area (Å²) in [4.78, 5) is 23.3. The standard InChI is InChI=1S/C15H16F2N4O2/c1-8-5-14(21-20-8)19-15(23)7-13(18-9(2)22)11-4-3-10(16)6-12(11)17/h3-6,13H,7H2,1-2H3,(H,18,22)(H2,19,20,21,23). The number of carbonyl (C=O) groups excluding carboxylic acids is 2. The third kappa shape index (κ3) is 4.60. The van der Waals surface area contributed by atoms with Crippen LogP contribution in [0.3, 0.4) is 0 Å². The Balaban J connectivity index is 2.14. The van der Waals surface area contributed by atoms with Crippen molar-refractivity contribution in [3.8, 4) is 0 Å². The summed E-state index contributed by atoms with van der Waals surface area (Å²) in [6.07, 6.45) is -0.214. The van der Waals surface area contributed by atoms with Crippen LogP contribution in [-0.4, -0.2) is 22.0 Å². The molecule has 0 saturated heterocycles. The molecule has 6 nitrogen and oxygen atoms in total. The molecule has 1 atom stereocenters. The predicted molar refractivity (Wildman–Crippen MR) is 79.5 cm³/mol. The number of amides is 2. The lowest BCUT2D eigenvalue weighted by atomic mass is 10.0. The van der Waals surface area contributed by atoms with E-state index < -0.39 is 29.5 Å². The molecular weight excluding hydrogens is 306 g/mol. The largest absolute Gasteiger partial charge is 0.349 e. The van der Waals surface area contributed by atoms with Gasteiger partial charge in [-0.1, -0.05) is 6.07 Å². The number of halogens is 2. The number of carbonyl (C=O) groups is 2. The maximum absolute atomic E-state index is 13.9. The van der Waals surface area contributed by atoms with Gasteiger partial charge in [0.05, 0.1) is 12.5 Å². The summed E-state index contributed by atoms with van der Waals surface area (Å²) in [5, 5.41) is 11.6. The van der Waals surface area contributed by atoms with Gasteiger partial charge in [-0.15, -0.1) is 0 Å². The first kappa shape index (κ1) is 16.6. The van der Waals surface area contributed by atoms with Gasteiger partial charge in [-0.05, 0) is 13.0 Å². The fourth-order valence-electron chi connectivity index (χ4n) is 2.13. The van der Waals surface area contributed by atoms with Crippen molar-refractivity contribution in [1.82, 2.24) is 15.5 Å². The first-order chi connectivity index (χ1) is 10.8. The summed E-state index contributed by atoms with van der Waals surface area (Å²) in [6.45, 7) is 3.03. The number of nitrogens with one attached hydrogen (secondary N) is 3. The molecule has 1 heterocycles. The Morgan fingerprint density at radius 3 is 2.61 bits per heavy atom. The van der Waals surface area contributed by atoms with E-state index in [1.807, 2.05) is 0 Å². The maximum Gasteiger partial charge on any atom is 0.227 e. The minimum absolute atomic E-state index is 0.0370. The Hall–Kier alpha value is -2.77. The summed E-state index contributed by atoms with van der Waals surface area (Å²) in [5.41, 5.74) is 0.804. The van der Waals surface area contributed by atoms with Crippen molar-refractivity contribution < 1.29 is 18.4 Å². The van der Waals surface area contributed by atoms with Crippen LogP contribution in [0.4, 0.5) is 14.6 Å². The quantitative estimate of drug-likeness (QED) is 0.789. The van der Waals surface area contributed by atoms with E-state index in [9.17, 15) is 18.4 Å². The van der Waals surface area contributed by atoms with Crippen molar-refractivity contribution in [1.29, 1.82) is 0 Å². The molecule has 0 aliphatic rings. The lowest BCUT2D eigenvalue weighted by molar-refractivity contribution is -0.120. The van der Waals surface area contributed by atoms with Crippen LogP contribution in [0.2, 0.25) is 0 Å². The van der Waals surface area contributed by atoms with Crippen LogP contribution in [0.15, 0.2) is 24.3 Å². The molecular formula is C15H16F2N4O2. The van der Waals surface area contributed by atoms with Gasteiger partial charge < -0.3 is 10.6 Å². The third-order valence-electron chi connectivity index (χ3n) is 3.08. The van der Waals surface area contributed by atoms with Crippen molar-refractivity contribution in [2.75, 3.05) is 5.32 Å². The molecule has 0 aliphatic carbocycles. The number of benzene rings is 1. The van der Waals surface area contributed by atoms with Gasteiger partial charge >= 0.3 is 0 Å². The number of nitrogens with zero attached hydrogens (tertiary/aromatic N) is 1. The zero-order valence-corrected chi connectivity index (χ0v) is 12.6. The Morgan fingerprint density at radius 2 is 2.04 bits per heavy atom. The van der Waals surface area contributed by atoms with Crippen molar-refractivity contribution in [2.45, 2.75) is 26.3 Å². The maximum atomic E-state index is 13.9. The van der Waals surface area contributed by atoms with Gasteiger partial charge in [-0.25, -0.2) is 8.78 Å². The molecule has 1 unspecified atom stereocenters. The van der Waals surface area contributed by atoms with E-state index in [1.54, 1.807) is 13.0 Å². The Kier molecular flexibility index (Phi) is 5.05. The molecule has 0 radical (unpaired) electrons. The average molecular weight is 322 g/mol. The number of H-pyrrole nitrogens is 1. The summed E-state index contributed by atoms with van der Waals surface area (Å²) >= 11 is 0. The van der Waals surface area contributed by atoms with Crippen LogP contribution < -0.4 is 10.6 Å². The highest BCUT2D eigenvalue weighted by molar-refractivity contribution is 5.90. The Morgan fingerprint density at radius 1 is 1.30 bits per heavy atom. The molecule has 0 bridgehead atoms. The highest BCUT2D eigenvalue weighted by atomic mass is 19.1. The molecule has 1 aromatic carbocycles. The predicted octanol–water partition coefficient (Wildman–Crippen LogP) is 2.20. The number of aryl methyl sites for hydroxylation is 1. The minimum atomic E-state index is -0.909. The minimum Gasteiger partial charge on any atom is -0.349 e. The topological polar surface area (TPSA) is 86.9 Å². The summed E-state index contributed by atoms with van der Waals surface area (Å²) in [7, 11) is 0. The zero-order chi connectivity index (χ0) is 17.0. The van der Waals surface area contributed by atoms with Gasteiger partial charge in [0.15, 0.2) is 5.82 Å². The van der Waals surface area contributed by atoms with Crippen molar-refractivity contribution in [3.63, 3.8) is 0 Å². The SMILES string of the molecule is CC(=O)NC(CC(=O)Nc1cc(C)[nH]n1)c1ccc(F)cc1F. The molecule has 1 aromatic heterocycles. The summed E-state index contributed by atoms with van der Waals surface area (Å²) in [6, 6.07) is 3.70. The molecule has 122 valence electrons. The van der Waals surface area contributed by atoms with Gasteiger partial charge in [0, 0.05) is 30.3 Å². The highest BCUT2D eigenvalue weighted by Crippen LogP contribution is 2.22. The van der Waals surface area contributed by atoms with Crippen LogP contribution in [0.25, 0.3) is 0 Å². The van der Waals surface area contributed by atoms with E-state index in [1.165, 1.54) is 13.0 Å². The number of aromatic nitrogens is 2. The second kappa shape index (κ2) is 6.99. The highest BCUT2D eigenvalue weighted by Gasteiger charge is 2.21. The average Bonchev–Trinajstić information content (AvgIpc) is 2.82. The van der Waals surface area contributed by atoms with Crippen LogP contribution >= 0.6 is 0 Å². The van der Waals surface area contributed by atoms with Gasteiger partial charge in [0.2, 0.25) is 11.8 Å². The second-order valence-electron chi connectivity index (χ2n) is 5.11. The third-order valence-corrected chi connectivity index (χ3v) is 3.08. The monoisotopic (exact) mass is 322 g/mol. The Labute approximate surface area is 131 Å². The molecule has 23 heavy (non-hydrogen) atoms. The van der Waals surface area contributed by atoms with Crippen LogP contribution in [0.1, 0.15) is 30.6 Å². The molecule has 0 spiro atoms. The smallest absolute Gasteiger partial charge is 0.227 e. The van der Waals surface area contributed by atoms with Crippen LogP contribution in [0, 0.1) is 18.6 Å². The van der Waals surface area contributed by atoms with Crippen molar-refractivity contribution >= 4 is 17.6 Å². The van der Waals surface area contributed by atoms with Gasteiger partial charge in [0.25, 0.3) is 0 Å². The molecule has 0 fully saturated rings. The zero-order valence-electron chi connectivity index (χ0n) is 12.6. The normalized spacial score (nSPS) is 11.8. The Bertz CT molecular complexity index is 730. The second-order valence-corrected chi connectivity index (χ2v) is 5.11. The van der Waals surface area contributed by atoms with E-state index in [2.05, 4.69) is 20.8 Å². The van der Waals surface area contributed by atoms with E-state index in [4.69, 9.17) is 0 Å². The van der Waals surface area contributed by atoms with Crippen LogP contribution in [0.5, 0.6) is 0 Å². The van der Waals surface area contributed by atoms with E-state index in [0.717, 1.165) is 11.8 Å². The fraction of sp³-hybridized carbons (Fsp3) is 0.267. The van der Waals surface area contributed by atoms with E-state index in [-0.39, 0.29) is 12.0 Å². The van der Waals surface area contributed by atoms with Crippen molar-refractivity contribution in [2.24, 2.45) is 0 Å². The molecule has 2 amide bonds. The molecule has 2 rings (SSSR count). The molecule has 8 heteroatoms. The fourth-order valence-corrected chi connectivity index (χ4v) is 2.13. The number of rotatable bonds is 5. The molecule has 2 aromatic rings. The van der Waals surface area contributed by atoms with Gasteiger partial charge in [0.1, 0.15) is 11.6 Å². The summed E-state index contributed by atoms with van der Waals surface area (Å²) < 4.78 is 26.9. The van der Waals surface area contributed by atoms with E-state index in [0.29, 0.717) is 11.9 Å². The molecule has 0 saturated carbocycles. The lowest BCUT2D eigenvalue weighted by Gasteiger charge is -2.18. The van der Waals surface area contributed by atoms with Gasteiger partial charge in [-0.2, -0.15) is 5.10 Å².